The summed E-state index contributed by atoms with van der Waals surface area (Å²) in [6, 6.07) is 6.99. The fraction of sp³-hybridized carbons (Fsp3) is 0.444. The van der Waals surface area contributed by atoms with Gasteiger partial charge in [0, 0.05) is 22.7 Å². The number of hydrogen-bond acceptors (Lipinski definition) is 6. The highest BCUT2D eigenvalue weighted by molar-refractivity contribution is 7.91. The zero-order chi connectivity index (χ0) is 19.8. The minimum absolute atomic E-state index is 0.0462. The molecule has 0 N–H and O–H groups in total. The van der Waals surface area contributed by atoms with Crippen molar-refractivity contribution in [2.75, 3.05) is 18.1 Å². The van der Waals surface area contributed by atoms with Gasteiger partial charge in [-0.05, 0) is 26.3 Å². The van der Waals surface area contributed by atoms with E-state index in [0.717, 1.165) is 10.1 Å². The maximum absolute atomic E-state index is 12.7. The Morgan fingerprint density at radius 2 is 2.07 bits per heavy atom. The van der Waals surface area contributed by atoms with E-state index in [1.54, 1.807) is 6.92 Å². The van der Waals surface area contributed by atoms with Gasteiger partial charge in [-0.1, -0.05) is 29.8 Å². The van der Waals surface area contributed by atoms with Crippen molar-refractivity contribution < 1.29 is 22.7 Å². The van der Waals surface area contributed by atoms with Crippen LogP contribution in [0, 0.1) is 0 Å². The van der Waals surface area contributed by atoms with E-state index in [1.165, 1.54) is 23.2 Å². The minimum Gasteiger partial charge on any atom is -0.448 e. The Kier molecular flexibility index (Phi) is 5.79. The maximum Gasteiger partial charge on any atom is 0.350 e. The van der Waals surface area contributed by atoms with E-state index in [0.29, 0.717) is 18.0 Å². The number of halogens is 1. The fourth-order valence-electron chi connectivity index (χ4n) is 3.26. The van der Waals surface area contributed by atoms with Crippen molar-refractivity contribution in [3.8, 4) is 0 Å². The Bertz CT molecular complexity index is 985. The van der Waals surface area contributed by atoms with Gasteiger partial charge in [0.1, 0.15) is 4.88 Å². The number of benzene rings is 1. The van der Waals surface area contributed by atoms with E-state index in [9.17, 15) is 18.0 Å². The first-order valence-corrected chi connectivity index (χ1v) is 11.6. The summed E-state index contributed by atoms with van der Waals surface area (Å²) in [7, 11) is -3.11. The van der Waals surface area contributed by atoms with Crippen molar-refractivity contribution in [3.63, 3.8) is 0 Å². The summed E-state index contributed by atoms with van der Waals surface area (Å²) in [6.07, 6.45) is -0.618. The maximum atomic E-state index is 12.7. The van der Waals surface area contributed by atoms with Crippen LogP contribution in [0.2, 0.25) is 5.02 Å². The molecule has 1 amide bonds. The highest BCUT2D eigenvalue weighted by Gasteiger charge is 2.36. The summed E-state index contributed by atoms with van der Waals surface area (Å²) in [5, 5.41) is 1.08. The number of amides is 1. The van der Waals surface area contributed by atoms with Gasteiger partial charge in [-0.25, -0.2) is 13.2 Å². The van der Waals surface area contributed by atoms with Crippen LogP contribution in [0.3, 0.4) is 0 Å². The molecule has 2 atom stereocenters. The van der Waals surface area contributed by atoms with Crippen molar-refractivity contribution in [1.29, 1.82) is 0 Å². The predicted molar refractivity (Wildman–Crippen MR) is 106 cm³/mol. The van der Waals surface area contributed by atoms with Crippen LogP contribution in [-0.4, -0.2) is 55.4 Å². The van der Waals surface area contributed by atoms with Gasteiger partial charge in [0.2, 0.25) is 0 Å². The molecule has 0 saturated carbocycles. The smallest absolute Gasteiger partial charge is 0.350 e. The van der Waals surface area contributed by atoms with Crippen molar-refractivity contribution >= 4 is 54.7 Å². The molecule has 0 radical (unpaired) electrons. The van der Waals surface area contributed by atoms with Gasteiger partial charge in [-0.2, -0.15) is 0 Å². The third-order valence-electron chi connectivity index (χ3n) is 4.62. The number of fused-ring (bicyclic) bond motifs is 1. The zero-order valence-electron chi connectivity index (χ0n) is 15.0. The standard InChI is InChI=1S/C18H20ClNO5S2/c1-3-20(12-8-9-27(23,24)10-12)17(21)11(2)25-18(22)16-15(19)13-6-4-5-7-14(13)26-16/h4-7,11-12H,3,8-10H2,1-2H3/t11-,12-/m0/s1. The lowest BCUT2D eigenvalue weighted by atomic mass is 10.2. The molecule has 6 nitrogen and oxygen atoms in total. The Morgan fingerprint density at radius 1 is 1.37 bits per heavy atom. The molecule has 0 spiro atoms. The topological polar surface area (TPSA) is 80.8 Å². The Balaban J connectivity index is 1.73. The van der Waals surface area contributed by atoms with Gasteiger partial charge in [-0.15, -0.1) is 11.3 Å². The quantitative estimate of drug-likeness (QED) is 0.682. The summed E-state index contributed by atoms with van der Waals surface area (Å²) in [4.78, 5) is 27.0. The van der Waals surface area contributed by atoms with E-state index in [4.69, 9.17) is 16.3 Å². The van der Waals surface area contributed by atoms with Gasteiger partial charge in [0.25, 0.3) is 5.91 Å². The molecule has 27 heavy (non-hydrogen) atoms. The molecule has 9 heteroatoms. The molecule has 3 rings (SSSR count). The lowest BCUT2D eigenvalue weighted by molar-refractivity contribution is -0.141. The number of thiophene rings is 1. The third kappa shape index (κ3) is 4.12. The van der Waals surface area contributed by atoms with Gasteiger partial charge in [-0.3, -0.25) is 4.79 Å². The second-order valence-corrected chi connectivity index (χ2v) is 10.1. The molecule has 1 aliphatic heterocycles. The number of hydrogen-bond donors (Lipinski definition) is 0. The SMILES string of the molecule is CCN(C(=O)[C@H](C)OC(=O)c1sc2ccccc2c1Cl)[C@H]1CCS(=O)(=O)C1. The minimum atomic E-state index is -3.11. The second kappa shape index (κ2) is 7.77. The van der Waals surface area contributed by atoms with E-state index in [2.05, 4.69) is 0 Å². The lowest BCUT2D eigenvalue weighted by Gasteiger charge is -2.29. The Hall–Kier alpha value is -1.64. The first kappa shape index (κ1) is 20.1. The summed E-state index contributed by atoms with van der Waals surface area (Å²) >= 11 is 7.50. The number of rotatable bonds is 5. The van der Waals surface area contributed by atoms with E-state index in [-0.39, 0.29) is 22.4 Å². The molecule has 146 valence electrons. The number of carbonyl (C=O) groups is 2. The largest absolute Gasteiger partial charge is 0.448 e. The highest BCUT2D eigenvalue weighted by atomic mass is 35.5. The van der Waals surface area contributed by atoms with Crippen LogP contribution in [-0.2, 0) is 19.4 Å². The Morgan fingerprint density at radius 3 is 2.67 bits per heavy atom. The number of carbonyl (C=O) groups excluding carboxylic acids is 2. The van der Waals surface area contributed by atoms with Crippen molar-refractivity contribution in [2.24, 2.45) is 0 Å². The van der Waals surface area contributed by atoms with Crippen molar-refractivity contribution in [3.05, 3.63) is 34.2 Å². The molecule has 1 aliphatic rings. The molecule has 0 aliphatic carbocycles. The number of ether oxygens (including phenoxy) is 1. The first-order valence-electron chi connectivity index (χ1n) is 8.62. The van der Waals surface area contributed by atoms with E-state index in [1.807, 2.05) is 24.3 Å². The average Bonchev–Trinajstić information content (AvgIpc) is 3.15. The second-order valence-electron chi connectivity index (χ2n) is 6.47. The van der Waals surface area contributed by atoms with Crippen LogP contribution in [0.1, 0.15) is 29.9 Å². The van der Waals surface area contributed by atoms with Gasteiger partial charge < -0.3 is 9.64 Å². The number of sulfone groups is 1. The molecular formula is C18H20ClNO5S2. The predicted octanol–water partition coefficient (Wildman–Crippen LogP) is 3.14. The normalized spacial score (nSPS) is 19.7. The van der Waals surface area contributed by atoms with Crippen LogP contribution in [0.5, 0.6) is 0 Å². The van der Waals surface area contributed by atoms with Crippen molar-refractivity contribution in [2.45, 2.75) is 32.4 Å². The molecular weight excluding hydrogens is 410 g/mol. The summed E-state index contributed by atoms with van der Waals surface area (Å²) in [6.45, 7) is 3.62. The number of esters is 1. The Labute approximate surface area is 167 Å². The van der Waals surface area contributed by atoms with Crippen molar-refractivity contribution in [1.82, 2.24) is 4.90 Å². The van der Waals surface area contributed by atoms with Crippen LogP contribution >= 0.6 is 22.9 Å². The van der Waals surface area contributed by atoms with Crippen LogP contribution in [0.15, 0.2) is 24.3 Å². The van der Waals surface area contributed by atoms with Crippen LogP contribution in [0.4, 0.5) is 0 Å². The number of nitrogens with zero attached hydrogens (tertiary/aromatic N) is 1. The molecule has 1 saturated heterocycles. The molecule has 1 aromatic carbocycles. The van der Waals surface area contributed by atoms with Gasteiger partial charge in [0.15, 0.2) is 15.9 Å². The molecule has 2 heterocycles. The summed E-state index contributed by atoms with van der Waals surface area (Å²) in [5.41, 5.74) is 0. The summed E-state index contributed by atoms with van der Waals surface area (Å²) in [5.74, 6) is -1.02. The molecule has 1 fully saturated rings. The average molecular weight is 430 g/mol. The molecule has 2 aromatic rings. The number of likely N-dealkylation sites (N-methyl/N-ethyl adjacent to an activating group) is 1. The van der Waals surface area contributed by atoms with Crippen LogP contribution in [0.25, 0.3) is 10.1 Å². The molecule has 1 aromatic heterocycles. The van der Waals surface area contributed by atoms with Gasteiger partial charge >= 0.3 is 5.97 Å². The van der Waals surface area contributed by atoms with E-state index < -0.39 is 27.8 Å². The van der Waals surface area contributed by atoms with E-state index >= 15 is 0 Å². The lowest BCUT2D eigenvalue weighted by Crippen LogP contribution is -2.46. The fourth-order valence-corrected chi connectivity index (χ4v) is 6.38. The zero-order valence-corrected chi connectivity index (χ0v) is 17.4. The highest BCUT2D eigenvalue weighted by Crippen LogP contribution is 2.35. The molecule has 0 bridgehead atoms. The molecule has 0 unspecified atom stereocenters. The third-order valence-corrected chi connectivity index (χ3v) is 8.03. The van der Waals surface area contributed by atoms with Gasteiger partial charge in [0.05, 0.1) is 16.5 Å². The summed E-state index contributed by atoms with van der Waals surface area (Å²) < 4.78 is 29.6. The first-order chi connectivity index (χ1) is 12.7. The monoisotopic (exact) mass is 429 g/mol. The van der Waals surface area contributed by atoms with Crippen LogP contribution < -0.4 is 0 Å².